The molecule has 156 valence electrons. The third-order valence-corrected chi connectivity index (χ3v) is 5.62. The number of urea groups is 1. The zero-order valence-electron chi connectivity index (χ0n) is 16.2. The predicted molar refractivity (Wildman–Crippen MR) is 106 cm³/mol. The van der Waals surface area contributed by atoms with Gasteiger partial charge in [-0.3, -0.25) is 9.69 Å². The number of rotatable bonds is 4. The molecule has 2 aromatic rings. The number of nitrogens with zero attached hydrogens (tertiary/aromatic N) is 1. The number of benzene rings is 2. The van der Waals surface area contributed by atoms with Gasteiger partial charge in [-0.2, -0.15) is 0 Å². The van der Waals surface area contributed by atoms with Crippen LogP contribution in [0, 0.1) is 0 Å². The molecule has 1 atom stereocenters. The summed E-state index contributed by atoms with van der Waals surface area (Å²) in [5.41, 5.74) is 0.474. The molecule has 9 heteroatoms. The molecule has 3 aliphatic heterocycles. The smallest absolute Gasteiger partial charge is 0.325 e. The van der Waals surface area contributed by atoms with Gasteiger partial charge in [0.15, 0.2) is 23.0 Å². The topological polar surface area (TPSA) is 86.3 Å². The molecule has 0 aromatic heterocycles. The fraction of sp³-hybridized carbons (Fsp3) is 0.333. The van der Waals surface area contributed by atoms with Crippen molar-refractivity contribution >= 4 is 23.5 Å². The fourth-order valence-electron chi connectivity index (χ4n) is 3.91. The summed E-state index contributed by atoms with van der Waals surface area (Å²) in [6.07, 6.45) is 0.326. The molecule has 1 N–H and O–H groups in total. The van der Waals surface area contributed by atoms with Crippen molar-refractivity contribution in [1.82, 2.24) is 10.2 Å². The minimum atomic E-state index is -1.07. The standard InChI is InChI=1S/C21H19ClN2O6/c1-21(9-12-2-3-15-16(7-12)30-11-29-15)19(25)24(20(26)23-21)10-13-6-14(22)18-17(8-13)27-4-5-28-18/h2-3,6-8H,4-5,9-11H2,1H3,(H,23,26). The van der Waals surface area contributed by atoms with Gasteiger partial charge in [0.1, 0.15) is 18.8 Å². The highest BCUT2D eigenvalue weighted by atomic mass is 35.5. The Morgan fingerprint density at radius 2 is 1.77 bits per heavy atom. The van der Waals surface area contributed by atoms with E-state index < -0.39 is 11.6 Å². The van der Waals surface area contributed by atoms with Gasteiger partial charge in [-0.1, -0.05) is 17.7 Å². The number of fused-ring (bicyclic) bond motifs is 2. The number of carbonyl (C=O) groups is 2. The summed E-state index contributed by atoms with van der Waals surface area (Å²) in [5.74, 6) is 1.99. The molecule has 3 heterocycles. The summed E-state index contributed by atoms with van der Waals surface area (Å²) in [4.78, 5) is 27.0. The summed E-state index contributed by atoms with van der Waals surface area (Å²) in [6, 6.07) is 8.47. The first-order valence-electron chi connectivity index (χ1n) is 9.54. The van der Waals surface area contributed by atoms with Gasteiger partial charge in [-0.05, 0) is 42.3 Å². The van der Waals surface area contributed by atoms with Gasteiger partial charge in [-0.25, -0.2) is 4.79 Å². The third-order valence-electron chi connectivity index (χ3n) is 5.34. The van der Waals surface area contributed by atoms with Crippen molar-refractivity contribution in [2.75, 3.05) is 20.0 Å². The molecule has 0 spiro atoms. The van der Waals surface area contributed by atoms with Crippen LogP contribution in [0.3, 0.4) is 0 Å². The van der Waals surface area contributed by atoms with Crippen molar-refractivity contribution in [3.05, 3.63) is 46.5 Å². The number of amides is 3. The minimum absolute atomic E-state index is 0.0811. The average molecular weight is 431 g/mol. The highest BCUT2D eigenvalue weighted by Gasteiger charge is 2.47. The third kappa shape index (κ3) is 3.17. The Hall–Kier alpha value is -3.13. The zero-order chi connectivity index (χ0) is 20.9. The molecule has 2 aromatic carbocycles. The van der Waals surface area contributed by atoms with Crippen molar-refractivity contribution in [1.29, 1.82) is 0 Å². The van der Waals surface area contributed by atoms with E-state index in [1.165, 1.54) is 4.90 Å². The Balaban J connectivity index is 1.36. The van der Waals surface area contributed by atoms with Crippen molar-refractivity contribution in [2.24, 2.45) is 0 Å². The molecule has 1 saturated heterocycles. The molecule has 1 unspecified atom stereocenters. The Kier molecular flexibility index (Phi) is 4.39. The number of hydrogen-bond donors (Lipinski definition) is 1. The number of carbonyl (C=O) groups excluding carboxylic acids is 2. The first-order valence-corrected chi connectivity index (χ1v) is 9.91. The van der Waals surface area contributed by atoms with E-state index in [4.69, 9.17) is 30.5 Å². The minimum Gasteiger partial charge on any atom is -0.486 e. The fourth-order valence-corrected chi connectivity index (χ4v) is 4.20. The van der Waals surface area contributed by atoms with Crippen LogP contribution in [-0.2, 0) is 17.8 Å². The lowest BCUT2D eigenvalue weighted by Crippen LogP contribution is -2.45. The average Bonchev–Trinajstić information content (AvgIpc) is 3.26. The lowest BCUT2D eigenvalue weighted by molar-refractivity contribution is -0.131. The van der Waals surface area contributed by atoms with Crippen LogP contribution < -0.4 is 24.3 Å². The molecule has 0 saturated carbocycles. The van der Waals surface area contributed by atoms with Gasteiger partial charge in [0.05, 0.1) is 11.6 Å². The van der Waals surface area contributed by atoms with Gasteiger partial charge in [0.25, 0.3) is 5.91 Å². The van der Waals surface area contributed by atoms with Crippen LogP contribution >= 0.6 is 11.6 Å². The predicted octanol–water partition coefficient (Wildman–Crippen LogP) is 2.89. The molecular formula is C21H19ClN2O6. The molecular weight excluding hydrogens is 412 g/mol. The lowest BCUT2D eigenvalue weighted by atomic mass is 9.92. The number of ether oxygens (including phenoxy) is 4. The molecule has 0 bridgehead atoms. The molecule has 3 aliphatic rings. The summed E-state index contributed by atoms with van der Waals surface area (Å²) in [6.45, 7) is 2.82. The maximum Gasteiger partial charge on any atom is 0.325 e. The van der Waals surface area contributed by atoms with Crippen LogP contribution in [-0.4, -0.2) is 42.4 Å². The van der Waals surface area contributed by atoms with Gasteiger partial charge < -0.3 is 24.3 Å². The van der Waals surface area contributed by atoms with E-state index in [2.05, 4.69) is 5.32 Å². The highest BCUT2D eigenvalue weighted by Crippen LogP contribution is 2.39. The highest BCUT2D eigenvalue weighted by molar-refractivity contribution is 6.32. The van der Waals surface area contributed by atoms with Gasteiger partial charge in [-0.15, -0.1) is 0 Å². The van der Waals surface area contributed by atoms with Crippen LogP contribution in [0.4, 0.5) is 4.79 Å². The monoisotopic (exact) mass is 430 g/mol. The summed E-state index contributed by atoms with van der Waals surface area (Å²) in [7, 11) is 0. The maximum absolute atomic E-state index is 13.2. The molecule has 3 amide bonds. The van der Waals surface area contributed by atoms with Crippen molar-refractivity contribution in [3.63, 3.8) is 0 Å². The van der Waals surface area contributed by atoms with E-state index in [1.54, 1.807) is 25.1 Å². The lowest BCUT2D eigenvalue weighted by Gasteiger charge is -2.23. The number of nitrogens with one attached hydrogen (secondary N) is 1. The first-order chi connectivity index (χ1) is 14.4. The Morgan fingerprint density at radius 3 is 2.63 bits per heavy atom. The molecule has 8 nitrogen and oxygen atoms in total. The van der Waals surface area contributed by atoms with Gasteiger partial charge in [0.2, 0.25) is 6.79 Å². The van der Waals surface area contributed by atoms with Crippen LogP contribution in [0.5, 0.6) is 23.0 Å². The van der Waals surface area contributed by atoms with E-state index in [0.717, 1.165) is 5.56 Å². The molecule has 1 fully saturated rings. The van der Waals surface area contributed by atoms with E-state index >= 15 is 0 Å². The molecule has 0 radical (unpaired) electrons. The molecule has 5 rings (SSSR count). The van der Waals surface area contributed by atoms with E-state index in [0.29, 0.717) is 53.2 Å². The molecule has 30 heavy (non-hydrogen) atoms. The maximum atomic E-state index is 13.2. The largest absolute Gasteiger partial charge is 0.486 e. The summed E-state index contributed by atoms with van der Waals surface area (Å²) >= 11 is 6.28. The summed E-state index contributed by atoms with van der Waals surface area (Å²) < 4.78 is 21.8. The Bertz CT molecular complexity index is 1060. The van der Waals surface area contributed by atoms with Crippen LogP contribution in [0.25, 0.3) is 0 Å². The second kappa shape index (κ2) is 6.98. The van der Waals surface area contributed by atoms with Crippen molar-refractivity contribution < 1.29 is 28.5 Å². The van der Waals surface area contributed by atoms with Crippen molar-refractivity contribution in [3.8, 4) is 23.0 Å². The number of imide groups is 1. The van der Waals surface area contributed by atoms with Crippen LogP contribution in [0.2, 0.25) is 5.02 Å². The van der Waals surface area contributed by atoms with Crippen LogP contribution in [0.1, 0.15) is 18.1 Å². The van der Waals surface area contributed by atoms with E-state index in [-0.39, 0.29) is 19.2 Å². The van der Waals surface area contributed by atoms with Crippen molar-refractivity contribution in [2.45, 2.75) is 25.4 Å². The Labute approximate surface area is 177 Å². The van der Waals surface area contributed by atoms with Gasteiger partial charge in [0, 0.05) is 6.42 Å². The Morgan fingerprint density at radius 1 is 1.00 bits per heavy atom. The van der Waals surface area contributed by atoms with Gasteiger partial charge >= 0.3 is 6.03 Å². The van der Waals surface area contributed by atoms with Crippen LogP contribution in [0.15, 0.2) is 30.3 Å². The quantitative estimate of drug-likeness (QED) is 0.750. The van der Waals surface area contributed by atoms with E-state index in [9.17, 15) is 9.59 Å². The second-order valence-electron chi connectivity index (χ2n) is 7.62. The number of halogens is 1. The zero-order valence-corrected chi connectivity index (χ0v) is 17.0. The first kappa shape index (κ1) is 18.9. The normalized spacial score (nSPS) is 21.7. The molecule has 0 aliphatic carbocycles. The number of hydrogen-bond acceptors (Lipinski definition) is 6. The second-order valence-corrected chi connectivity index (χ2v) is 8.03. The summed E-state index contributed by atoms with van der Waals surface area (Å²) in [5, 5.41) is 3.21. The van der Waals surface area contributed by atoms with E-state index in [1.807, 2.05) is 12.1 Å². The SMILES string of the molecule is CC1(Cc2ccc3c(c2)OCO3)NC(=O)N(Cc2cc(Cl)c3c(c2)OCCO3)C1=O.